The van der Waals surface area contributed by atoms with Gasteiger partial charge >= 0.3 is 5.97 Å². The van der Waals surface area contributed by atoms with E-state index >= 15 is 0 Å². The topological polar surface area (TPSA) is 35.5 Å². The zero-order valence-corrected chi connectivity index (χ0v) is 10.6. The number of methoxy groups -OCH3 is 1. The molecule has 0 fully saturated rings. The van der Waals surface area contributed by atoms with Crippen LogP contribution in [0.3, 0.4) is 0 Å². The molecule has 16 heavy (non-hydrogen) atoms. The summed E-state index contributed by atoms with van der Waals surface area (Å²) in [6.07, 6.45) is 0. The SMILES string of the molecule is COc1ccc(Cl)c(C(=O)OC(C)(C)C)c1. The van der Waals surface area contributed by atoms with Crippen molar-refractivity contribution in [2.24, 2.45) is 0 Å². The van der Waals surface area contributed by atoms with Gasteiger partial charge in [-0.05, 0) is 39.0 Å². The van der Waals surface area contributed by atoms with Gasteiger partial charge in [0.1, 0.15) is 11.4 Å². The minimum atomic E-state index is -0.538. The van der Waals surface area contributed by atoms with Crippen LogP contribution < -0.4 is 4.74 Å². The van der Waals surface area contributed by atoms with Crippen LogP contribution in [0.1, 0.15) is 31.1 Å². The molecular formula is C12H15ClO3. The molecule has 0 heterocycles. The van der Waals surface area contributed by atoms with Crippen LogP contribution in [0.25, 0.3) is 0 Å². The van der Waals surface area contributed by atoms with Crippen molar-refractivity contribution in [3.63, 3.8) is 0 Å². The lowest BCUT2D eigenvalue weighted by molar-refractivity contribution is 0.00694. The van der Waals surface area contributed by atoms with Gasteiger partial charge in [0.15, 0.2) is 0 Å². The van der Waals surface area contributed by atoms with Gasteiger partial charge < -0.3 is 9.47 Å². The summed E-state index contributed by atoms with van der Waals surface area (Å²) in [6.45, 7) is 5.41. The summed E-state index contributed by atoms with van der Waals surface area (Å²) < 4.78 is 10.2. The Morgan fingerprint density at radius 2 is 1.94 bits per heavy atom. The van der Waals surface area contributed by atoms with E-state index in [0.717, 1.165) is 0 Å². The average molecular weight is 243 g/mol. The molecule has 3 nitrogen and oxygen atoms in total. The lowest BCUT2D eigenvalue weighted by Crippen LogP contribution is -2.24. The molecule has 4 heteroatoms. The maximum atomic E-state index is 11.8. The van der Waals surface area contributed by atoms with Crippen molar-refractivity contribution < 1.29 is 14.3 Å². The van der Waals surface area contributed by atoms with Crippen LogP contribution >= 0.6 is 11.6 Å². The van der Waals surface area contributed by atoms with Crippen LogP contribution in [0.4, 0.5) is 0 Å². The Labute approximate surface area is 100 Å². The molecule has 1 aromatic carbocycles. The van der Waals surface area contributed by atoms with Gasteiger partial charge in [-0.3, -0.25) is 0 Å². The Morgan fingerprint density at radius 3 is 2.44 bits per heavy atom. The molecule has 0 aromatic heterocycles. The zero-order chi connectivity index (χ0) is 12.3. The van der Waals surface area contributed by atoms with Crippen LogP contribution in [-0.2, 0) is 4.74 Å². The van der Waals surface area contributed by atoms with E-state index in [1.54, 1.807) is 39.0 Å². The third kappa shape index (κ3) is 3.42. The van der Waals surface area contributed by atoms with Crippen molar-refractivity contribution in [3.8, 4) is 5.75 Å². The van der Waals surface area contributed by atoms with Gasteiger partial charge in [0.05, 0.1) is 17.7 Å². The molecule has 0 amide bonds. The second kappa shape index (κ2) is 4.74. The van der Waals surface area contributed by atoms with Crippen LogP contribution in [-0.4, -0.2) is 18.7 Å². The first-order valence-electron chi connectivity index (χ1n) is 4.90. The molecule has 1 aromatic rings. The van der Waals surface area contributed by atoms with Crippen LogP contribution in [0, 0.1) is 0 Å². The number of hydrogen-bond donors (Lipinski definition) is 0. The monoisotopic (exact) mass is 242 g/mol. The smallest absolute Gasteiger partial charge is 0.340 e. The quantitative estimate of drug-likeness (QED) is 0.747. The predicted molar refractivity (Wildman–Crippen MR) is 63.2 cm³/mol. The standard InChI is InChI=1S/C12H15ClO3/c1-12(2,3)16-11(14)9-7-8(15-4)5-6-10(9)13/h5-7H,1-4H3. The average Bonchev–Trinajstić information content (AvgIpc) is 2.15. The highest BCUT2D eigenvalue weighted by molar-refractivity contribution is 6.33. The van der Waals surface area contributed by atoms with E-state index in [2.05, 4.69) is 0 Å². The van der Waals surface area contributed by atoms with E-state index in [1.165, 1.54) is 7.11 Å². The number of esters is 1. The Morgan fingerprint density at radius 1 is 1.31 bits per heavy atom. The highest BCUT2D eigenvalue weighted by atomic mass is 35.5. The molecular weight excluding hydrogens is 228 g/mol. The Bertz CT molecular complexity index is 394. The zero-order valence-electron chi connectivity index (χ0n) is 9.83. The van der Waals surface area contributed by atoms with Gasteiger partial charge in [0.25, 0.3) is 0 Å². The van der Waals surface area contributed by atoms with Crippen molar-refractivity contribution in [2.45, 2.75) is 26.4 Å². The third-order valence-electron chi connectivity index (χ3n) is 1.79. The summed E-state index contributed by atoms with van der Waals surface area (Å²) in [6, 6.07) is 4.87. The number of carbonyl (C=O) groups excluding carboxylic acids is 1. The Hall–Kier alpha value is -1.22. The van der Waals surface area contributed by atoms with E-state index in [-0.39, 0.29) is 0 Å². The van der Waals surface area contributed by atoms with E-state index in [9.17, 15) is 4.79 Å². The maximum absolute atomic E-state index is 11.8. The Kier molecular flexibility index (Phi) is 3.81. The fraction of sp³-hybridized carbons (Fsp3) is 0.417. The summed E-state index contributed by atoms with van der Waals surface area (Å²) in [5.41, 5.74) is -0.223. The molecule has 0 N–H and O–H groups in total. The van der Waals surface area contributed by atoms with E-state index in [1.807, 2.05) is 0 Å². The molecule has 0 aliphatic carbocycles. The minimum absolute atomic E-state index is 0.316. The first-order chi connectivity index (χ1) is 7.33. The van der Waals surface area contributed by atoms with Gasteiger partial charge in [-0.15, -0.1) is 0 Å². The highest BCUT2D eigenvalue weighted by Crippen LogP contribution is 2.24. The van der Waals surface area contributed by atoms with Crippen LogP contribution in [0.15, 0.2) is 18.2 Å². The number of hydrogen-bond acceptors (Lipinski definition) is 3. The fourth-order valence-electron chi connectivity index (χ4n) is 1.12. The van der Waals surface area contributed by atoms with Gasteiger partial charge in [-0.1, -0.05) is 11.6 Å². The molecule has 0 unspecified atom stereocenters. The van der Waals surface area contributed by atoms with Crippen LogP contribution in [0.2, 0.25) is 5.02 Å². The fourth-order valence-corrected chi connectivity index (χ4v) is 1.32. The first-order valence-corrected chi connectivity index (χ1v) is 5.28. The van der Waals surface area contributed by atoms with Crippen molar-refractivity contribution in [1.29, 1.82) is 0 Å². The van der Waals surface area contributed by atoms with Gasteiger partial charge in [-0.2, -0.15) is 0 Å². The molecule has 0 aliphatic heterocycles. The molecule has 0 saturated heterocycles. The highest BCUT2D eigenvalue weighted by Gasteiger charge is 2.20. The number of benzene rings is 1. The number of ether oxygens (including phenoxy) is 2. The largest absolute Gasteiger partial charge is 0.497 e. The Balaban J connectivity index is 2.98. The second-order valence-corrected chi connectivity index (χ2v) is 4.75. The normalized spacial score (nSPS) is 11.1. The van der Waals surface area contributed by atoms with E-state index < -0.39 is 11.6 Å². The minimum Gasteiger partial charge on any atom is -0.497 e. The molecule has 88 valence electrons. The van der Waals surface area contributed by atoms with Crippen molar-refractivity contribution in [2.75, 3.05) is 7.11 Å². The summed E-state index contributed by atoms with van der Waals surface area (Å²) in [5.74, 6) is 0.127. The molecule has 0 radical (unpaired) electrons. The lowest BCUT2D eigenvalue weighted by Gasteiger charge is -2.20. The molecule has 0 saturated carbocycles. The molecule has 0 atom stereocenters. The molecule has 0 spiro atoms. The lowest BCUT2D eigenvalue weighted by atomic mass is 10.1. The van der Waals surface area contributed by atoms with E-state index in [4.69, 9.17) is 21.1 Å². The van der Waals surface area contributed by atoms with Crippen molar-refractivity contribution in [3.05, 3.63) is 28.8 Å². The molecule has 1 rings (SSSR count). The van der Waals surface area contributed by atoms with E-state index in [0.29, 0.717) is 16.3 Å². The van der Waals surface area contributed by atoms with Crippen molar-refractivity contribution >= 4 is 17.6 Å². The van der Waals surface area contributed by atoms with Gasteiger partial charge in [0.2, 0.25) is 0 Å². The number of carbonyl (C=O) groups is 1. The first kappa shape index (κ1) is 12.8. The number of halogens is 1. The summed E-state index contributed by atoms with van der Waals surface area (Å²) >= 11 is 5.92. The molecule has 0 aliphatic rings. The predicted octanol–water partition coefficient (Wildman–Crippen LogP) is 3.30. The van der Waals surface area contributed by atoms with Gasteiger partial charge in [-0.25, -0.2) is 4.79 Å². The summed E-state index contributed by atoms with van der Waals surface area (Å²) in [4.78, 5) is 11.8. The van der Waals surface area contributed by atoms with Crippen molar-refractivity contribution in [1.82, 2.24) is 0 Å². The second-order valence-electron chi connectivity index (χ2n) is 4.35. The number of rotatable bonds is 2. The van der Waals surface area contributed by atoms with Gasteiger partial charge in [0, 0.05) is 0 Å². The summed E-state index contributed by atoms with van der Waals surface area (Å²) in [5, 5.41) is 0.357. The molecule has 0 bridgehead atoms. The maximum Gasteiger partial charge on any atom is 0.340 e. The third-order valence-corrected chi connectivity index (χ3v) is 2.12. The summed E-state index contributed by atoms with van der Waals surface area (Å²) in [7, 11) is 1.53. The van der Waals surface area contributed by atoms with Crippen LogP contribution in [0.5, 0.6) is 5.75 Å².